The lowest BCUT2D eigenvalue weighted by atomic mass is 9.82. The minimum atomic E-state index is -1.45. The number of carbonyl (C=O) groups is 1. The van der Waals surface area contributed by atoms with Gasteiger partial charge in [0.2, 0.25) is 12.2 Å². The van der Waals surface area contributed by atoms with Gasteiger partial charge in [-0.1, -0.05) is 20.3 Å². The molecule has 0 radical (unpaired) electrons. The molecule has 0 aromatic carbocycles. The molecule has 0 aromatic rings. The second-order valence-corrected chi connectivity index (χ2v) is 12.4. The van der Waals surface area contributed by atoms with Gasteiger partial charge in [0.25, 0.3) is 0 Å². The van der Waals surface area contributed by atoms with E-state index in [1.165, 1.54) is 0 Å². The van der Waals surface area contributed by atoms with Gasteiger partial charge in [0.1, 0.15) is 36.3 Å². The summed E-state index contributed by atoms with van der Waals surface area (Å²) in [6.07, 6.45) is -4.31. The van der Waals surface area contributed by atoms with E-state index in [1.54, 1.807) is 0 Å². The highest BCUT2D eigenvalue weighted by Crippen LogP contribution is 2.33. The third-order valence-electron chi connectivity index (χ3n) is 9.02. The summed E-state index contributed by atoms with van der Waals surface area (Å²) in [5.74, 6) is -0.0649. The van der Waals surface area contributed by atoms with Gasteiger partial charge >= 0.3 is 0 Å². The first-order valence-corrected chi connectivity index (χ1v) is 15.9. The van der Waals surface area contributed by atoms with E-state index in [0.717, 1.165) is 7.11 Å². The summed E-state index contributed by atoms with van der Waals surface area (Å²) in [6, 6.07) is -1.96. The van der Waals surface area contributed by atoms with Crippen LogP contribution in [-0.2, 0) is 23.7 Å². The van der Waals surface area contributed by atoms with Crippen LogP contribution in [0.2, 0.25) is 0 Å². The number of nitrogens with one attached hydrogen (secondary N) is 3. The highest BCUT2D eigenvalue weighted by Gasteiger charge is 2.49. The van der Waals surface area contributed by atoms with E-state index < -0.39 is 67.1 Å². The van der Waals surface area contributed by atoms with Crippen molar-refractivity contribution < 1.29 is 49.3 Å². The van der Waals surface area contributed by atoms with Crippen LogP contribution in [0.5, 0.6) is 0 Å². The molecule has 16 nitrogen and oxygen atoms in total. The smallest absolute Gasteiger partial charge is 0.250 e. The molecule has 4 aliphatic rings. The maximum atomic E-state index is 12.6. The molecule has 1 aliphatic carbocycles. The van der Waals surface area contributed by atoms with Crippen molar-refractivity contribution in [2.75, 3.05) is 39.9 Å². The summed E-state index contributed by atoms with van der Waals surface area (Å²) in [6.45, 7) is 5.70. The van der Waals surface area contributed by atoms with Crippen molar-refractivity contribution in [3.63, 3.8) is 0 Å². The minimum Gasteiger partial charge on any atom is -0.467 e. The molecule has 5 unspecified atom stereocenters. The van der Waals surface area contributed by atoms with Crippen LogP contribution in [0.15, 0.2) is 11.8 Å². The lowest BCUT2D eigenvalue weighted by molar-refractivity contribution is -0.293. The van der Waals surface area contributed by atoms with E-state index in [0.29, 0.717) is 51.3 Å². The van der Waals surface area contributed by atoms with Crippen molar-refractivity contribution >= 4 is 5.91 Å². The van der Waals surface area contributed by atoms with Gasteiger partial charge in [0, 0.05) is 38.8 Å². The highest BCUT2D eigenvalue weighted by molar-refractivity contribution is 5.81. The summed E-state index contributed by atoms with van der Waals surface area (Å²) in [5.41, 5.74) is 18.3. The lowest BCUT2D eigenvalue weighted by Gasteiger charge is -2.47. The van der Waals surface area contributed by atoms with Gasteiger partial charge in [-0.25, -0.2) is 0 Å². The van der Waals surface area contributed by atoms with Crippen LogP contribution in [0.25, 0.3) is 0 Å². The first-order chi connectivity index (χ1) is 21.5. The third kappa shape index (κ3) is 9.99. The summed E-state index contributed by atoms with van der Waals surface area (Å²) < 4.78 is 24.3. The molecular weight excluding hydrogens is 592 g/mol. The molecule has 0 aromatic heterocycles. The molecule has 0 bridgehead atoms. The Morgan fingerprint density at radius 1 is 1.11 bits per heavy atom. The molecule has 262 valence electrons. The quantitative estimate of drug-likeness (QED) is 0.0960. The van der Waals surface area contributed by atoms with E-state index >= 15 is 0 Å². The summed E-state index contributed by atoms with van der Waals surface area (Å²) in [5, 5.41) is 58.5. The molecule has 1 saturated carbocycles. The number of amides is 1. The van der Waals surface area contributed by atoms with E-state index in [2.05, 4.69) is 16.0 Å². The van der Waals surface area contributed by atoms with Gasteiger partial charge in [0.05, 0.1) is 31.3 Å². The lowest BCUT2D eigenvalue weighted by Crippen LogP contribution is -2.67. The molecule has 14 atom stereocenters. The number of nitrogens with two attached hydrogens (primary N) is 3. The Balaban J connectivity index is 0.00000271. The van der Waals surface area contributed by atoms with Gasteiger partial charge in [-0.2, -0.15) is 0 Å². The number of aliphatic hydroxyl groups excluding tert-OH is 5. The topological polar surface area (TPSA) is 269 Å². The second-order valence-electron chi connectivity index (χ2n) is 12.4. The van der Waals surface area contributed by atoms with Crippen LogP contribution in [0, 0.1) is 11.8 Å². The summed E-state index contributed by atoms with van der Waals surface area (Å²) in [4.78, 5) is 12.6. The Labute approximate surface area is 265 Å². The predicted octanol–water partition coefficient (Wildman–Crippen LogP) is -4.09. The number of hydrogen-bond donors (Lipinski definition) is 11. The zero-order valence-corrected chi connectivity index (χ0v) is 26.5. The molecule has 16 heteroatoms. The van der Waals surface area contributed by atoms with E-state index in [9.17, 15) is 25.2 Å². The fraction of sp³-hybridized carbons (Fsp3) is 0.897. The van der Waals surface area contributed by atoms with Crippen molar-refractivity contribution in [3.8, 4) is 0 Å². The number of β-amino-alcohol motifs (C(OH)–C–C–N with tert-alkyl or cyclic N) is 1. The first-order valence-electron chi connectivity index (χ1n) is 15.9. The molecule has 3 aliphatic heterocycles. The van der Waals surface area contributed by atoms with E-state index in [1.807, 2.05) is 19.9 Å². The SMILES string of the molecule is CC[C@@H]1C(O)C(O[C@@H]2C(O)[C@H](O[C@H]3OC(CNCC4C[C@H](O)CN4)=CC[C@H]3N)C(N)C[C@H]2NC(=O)[C@@H](O)CN)OC[C@H]1C.CO. The largest absolute Gasteiger partial charge is 0.467 e. The van der Waals surface area contributed by atoms with Crippen LogP contribution in [-0.4, -0.2) is 145 Å². The monoisotopic (exact) mass is 648 g/mol. The molecule has 45 heavy (non-hydrogen) atoms. The van der Waals surface area contributed by atoms with Gasteiger partial charge in [-0.05, 0) is 37.2 Å². The maximum absolute atomic E-state index is 12.6. The predicted molar refractivity (Wildman–Crippen MR) is 163 cm³/mol. The minimum absolute atomic E-state index is 0.0807. The fourth-order valence-corrected chi connectivity index (χ4v) is 6.43. The standard InChI is InChI=1S/C28H52N6O9.CH4O/c1-3-17-13(2)12-40-28(22(17)37)43-25-20(34-26(39)21(36)8-29)7-19(31)24(23(25)38)42-27-18(30)5-4-16(41-27)11-32-9-14-6-15(35)10-33-14;1-2/h4,13-15,17-25,27-28,32-33,35-38H,3,5-12,29-31H2,1-2H3,(H,34,39);2H,1H3/t13-,14?,15+,17+,18-,19?,20-,21+,22?,23?,24-,25+,27-,28?;/m1./s1. The zero-order valence-electron chi connectivity index (χ0n) is 26.5. The molecule has 0 spiro atoms. The summed E-state index contributed by atoms with van der Waals surface area (Å²) >= 11 is 0. The molecule has 14 N–H and O–H groups in total. The number of carbonyl (C=O) groups excluding carboxylic acids is 1. The van der Waals surface area contributed by atoms with Crippen molar-refractivity contribution in [1.82, 2.24) is 16.0 Å². The highest BCUT2D eigenvalue weighted by atomic mass is 16.7. The molecule has 3 fully saturated rings. The molecule has 4 rings (SSSR count). The van der Waals surface area contributed by atoms with Crippen molar-refractivity contribution in [1.29, 1.82) is 0 Å². The molecular formula is C29H56N6O10. The van der Waals surface area contributed by atoms with Gasteiger partial charge in [-0.3, -0.25) is 4.79 Å². The van der Waals surface area contributed by atoms with Gasteiger partial charge in [0.15, 0.2) is 6.29 Å². The van der Waals surface area contributed by atoms with E-state index in [-0.39, 0.29) is 36.9 Å². The zero-order chi connectivity index (χ0) is 33.3. The number of ether oxygens (including phenoxy) is 4. The fourth-order valence-electron chi connectivity index (χ4n) is 6.43. The number of aliphatic hydroxyl groups is 5. The second kappa shape index (κ2) is 18.1. The molecule has 2 saturated heterocycles. The number of rotatable bonds is 12. The van der Waals surface area contributed by atoms with Crippen molar-refractivity contribution in [2.24, 2.45) is 29.0 Å². The Hall–Kier alpha value is -1.51. The third-order valence-corrected chi connectivity index (χ3v) is 9.02. The van der Waals surface area contributed by atoms with Gasteiger partial charge in [-0.15, -0.1) is 0 Å². The average Bonchev–Trinajstić information content (AvgIpc) is 3.44. The Morgan fingerprint density at radius 2 is 1.82 bits per heavy atom. The summed E-state index contributed by atoms with van der Waals surface area (Å²) in [7, 11) is 1.00. The Morgan fingerprint density at radius 3 is 2.47 bits per heavy atom. The normalized spacial score (nSPS) is 40.9. The van der Waals surface area contributed by atoms with Gasteiger partial charge < -0.3 is 77.6 Å². The van der Waals surface area contributed by atoms with E-state index in [4.69, 9.17) is 41.3 Å². The molecule has 3 heterocycles. The van der Waals surface area contributed by atoms with Crippen LogP contribution >= 0.6 is 0 Å². The van der Waals surface area contributed by atoms with Crippen LogP contribution in [0.4, 0.5) is 0 Å². The van der Waals surface area contributed by atoms with Crippen LogP contribution in [0.1, 0.15) is 39.5 Å². The van der Waals surface area contributed by atoms with Crippen molar-refractivity contribution in [2.45, 2.75) is 113 Å². The van der Waals surface area contributed by atoms with Crippen LogP contribution in [0.3, 0.4) is 0 Å². The molecule has 1 amide bonds. The van der Waals surface area contributed by atoms with Crippen LogP contribution < -0.4 is 33.2 Å². The Bertz CT molecular complexity index is 936. The maximum Gasteiger partial charge on any atom is 0.250 e. The van der Waals surface area contributed by atoms with Crippen molar-refractivity contribution in [3.05, 3.63) is 11.8 Å². The average molecular weight is 649 g/mol. The first kappa shape index (κ1) is 37.9. The Kier molecular flexibility index (Phi) is 15.3. The number of hydrogen-bond acceptors (Lipinski definition) is 15.